The van der Waals surface area contributed by atoms with Gasteiger partial charge in [0.05, 0.1) is 6.61 Å². The van der Waals surface area contributed by atoms with Crippen LogP contribution < -0.4 is 5.32 Å². The predicted octanol–water partition coefficient (Wildman–Crippen LogP) is 0.965. The molecule has 1 aromatic rings. The van der Waals surface area contributed by atoms with E-state index >= 15 is 0 Å². The minimum absolute atomic E-state index is 0.164. The van der Waals surface area contributed by atoms with E-state index in [1.807, 2.05) is 4.90 Å². The number of hydrogen-bond acceptors (Lipinski definition) is 4. The maximum atomic E-state index is 12.1. The van der Waals surface area contributed by atoms with Gasteiger partial charge in [-0.3, -0.25) is 15.0 Å². The van der Waals surface area contributed by atoms with Crippen LogP contribution in [-0.2, 0) is 0 Å². The van der Waals surface area contributed by atoms with Gasteiger partial charge >= 0.3 is 0 Å². The molecule has 1 aromatic carbocycles. The lowest BCUT2D eigenvalue weighted by Crippen LogP contribution is -2.53. The average Bonchev–Trinajstić information content (AvgIpc) is 2.49. The molecule has 0 radical (unpaired) electrons. The van der Waals surface area contributed by atoms with Gasteiger partial charge in [-0.2, -0.15) is 0 Å². The average molecular weight is 328 g/mol. The molecule has 1 heterocycles. The molecule has 0 atom stereocenters. The fraction of sp³-hybridized carbons (Fsp3) is 0.429. The highest BCUT2D eigenvalue weighted by molar-refractivity contribution is 7.80. The summed E-state index contributed by atoms with van der Waals surface area (Å²) in [6.45, 7) is 4.00. The van der Waals surface area contributed by atoms with E-state index in [0.717, 1.165) is 26.2 Å². The van der Waals surface area contributed by atoms with Crippen molar-refractivity contribution < 1.29 is 9.90 Å². The summed E-state index contributed by atoms with van der Waals surface area (Å²) in [6.07, 6.45) is 0. The first kappa shape index (κ1) is 16.2. The van der Waals surface area contributed by atoms with Crippen LogP contribution >= 0.6 is 23.8 Å². The van der Waals surface area contributed by atoms with Gasteiger partial charge in [0, 0.05) is 43.3 Å². The van der Waals surface area contributed by atoms with Gasteiger partial charge in [-0.25, -0.2) is 0 Å². The number of hydrogen-bond donors (Lipinski definition) is 2. The monoisotopic (exact) mass is 327 g/mol. The van der Waals surface area contributed by atoms with E-state index in [4.69, 9.17) is 28.9 Å². The van der Waals surface area contributed by atoms with Gasteiger partial charge < -0.3 is 10.0 Å². The number of thiocarbonyl (C=S) groups is 1. The Bertz CT molecular complexity index is 501. The number of aliphatic hydroxyl groups is 1. The minimum Gasteiger partial charge on any atom is -0.395 e. The number of β-amino-alcohol motifs (C(OH)–C–C–N with tert-alkyl or cyclic N) is 1. The number of nitrogens with zero attached hydrogens (tertiary/aromatic N) is 2. The van der Waals surface area contributed by atoms with Gasteiger partial charge in [0.25, 0.3) is 5.91 Å². The Morgan fingerprint density at radius 2 is 1.86 bits per heavy atom. The van der Waals surface area contributed by atoms with Crippen molar-refractivity contribution >= 4 is 34.8 Å². The van der Waals surface area contributed by atoms with Gasteiger partial charge in [0.15, 0.2) is 5.11 Å². The number of amides is 1. The lowest BCUT2D eigenvalue weighted by Gasteiger charge is -2.35. The molecule has 5 nitrogen and oxygen atoms in total. The van der Waals surface area contributed by atoms with Crippen LogP contribution in [0, 0.1) is 0 Å². The summed E-state index contributed by atoms with van der Waals surface area (Å²) in [7, 11) is 0. The zero-order valence-corrected chi connectivity index (χ0v) is 13.2. The van der Waals surface area contributed by atoms with E-state index in [2.05, 4.69) is 10.2 Å². The zero-order chi connectivity index (χ0) is 15.2. The summed E-state index contributed by atoms with van der Waals surface area (Å²) >= 11 is 11.1. The molecule has 114 valence electrons. The summed E-state index contributed by atoms with van der Waals surface area (Å²) < 4.78 is 0. The first-order valence-corrected chi connectivity index (χ1v) is 7.58. The maximum absolute atomic E-state index is 12.1. The smallest absolute Gasteiger partial charge is 0.257 e. The molecular formula is C14H18ClN3O2S. The SMILES string of the molecule is O=C(NC(=S)N1CCN(CCO)CC1)c1ccc(Cl)cc1. The van der Waals surface area contributed by atoms with Crippen molar-refractivity contribution in [2.24, 2.45) is 0 Å². The molecule has 0 aromatic heterocycles. The lowest BCUT2D eigenvalue weighted by atomic mass is 10.2. The van der Waals surface area contributed by atoms with Crippen molar-refractivity contribution in [2.75, 3.05) is 39.3 Å². The van der Waals surface area contributed by atoms with Gasteiger partial charge in [-0.05, 0) is 36.5 Å². The molecule has 0 spiro atoms. The normalized spacial score (nSPS) is 15.8. The molecule has 21 heavy (non-hydrogen) atoms. The molecule has 2 rings (SSSR count). The number of carbonyl (C=O) groups excluding carboxylic acids is 1. The highest BCUT2D eigenvalue weighted by Crippen LogP contribution is 2.09. The van der Waals surface area contributed by atoms with Crippen molar-refractivity contribution in [3.8, 4) is 0 Å². The quantitative estimate of drug-likeness (QED) is 0.810. The third kappa shape index (κ3) is 4.64. The molecule has 0 saturated carbocycles. The standard InChI is InChI=1S/C14H18ClN3O2S/c15-12-3-1-11(2-4-12)13(20)16-14(21)18-7-5-17(6-8-18)9-10-19/h1-4,19H,5-10H2,(H,16,20,21). The highest BCUT2D eigenvalue weighted by Gasteiger charge is 2.19. The topological polar surface area (TPSA) is 55.8 Å². The fourth-order valence-corrected chi connectivity index (χ4v) is 2.57. The number of benzene rings is 1. The van der Waals surface area contributed by atoms with Crippen LogP contribution in [0.2, 0.25) is 5.02 Å². The molecular weight excluding hydrogens is 310 g/mol. The third-order valence-corrected chi connectivity index (χ3v) is 4.01. The maximum Gasteiger partial charge on any atom is 0.257 e. The Morgan fingerprint density at radius 3 is 2.43 bits per heavy atom. The molecule has 0 bridgehead atoms. The van der Waals surface area contributed by atoms with Crippen LogP contribution in [0.1, 0.15) is 10.4 Å². The molecule has 1 saturated heterocycles. The Balaban J connectivity index is 1.84. The summed E-state index contributed by atoms with van der Waals surface area (Å²) in [5, 5.41) is 12.7. The molecule has 0 unspecified atom stereocenters. The second-order valence-electron chi connectivity index (χ2n) is 4.82. The number of rotatable bonds is 3. The first-order chi connectivity index (χ1) is 10.1. The Hall–Kier alpha value is -1.21. The van der Waals surface area contributed by atoms with Crippen LogP contribution in [0.25, 0.3) is 0 Å². The van der Waals surface area contributed by atoms with E-state index in [1.54, 1.807) is 24.3 Å². The van der Waals surface area contributed by atoms with E-state index in [-0.39, 0.29) is 12.5 Å². The summed E-state index contributed by atoms with van der Waals surface area (Å²) in [6, 6.07) is 6.68. The molecule has 7 heteroatoms. The van der Waals surface area contributed by atoms with Crippen molar-refractivity contribution in [1.29, 1.82) is 0 Å². The van der Waals surface area contributed by atoms with E-state index in [0.29, 0.717) is 22.2 Å². The van der Waals surface area contributed by atoms with Crippen LogP contribution in [0.15, 0.2) is 24.3 Å². The summed E-state index contributed by atoms with van der Waals surface area (Å²) in [5.41, 5.74) is 0.528. The number of halogens is 1. The van der Waals surface area contributed by atoms with Gasteiger partial charge in [-0.15, -0.1) is 0 Å². The van der Waals surface area contributed by atoms with Gasteiger partial charge in [0.1, 0.15) is 0 Å². The minimum atomic E-state index is -0.227. The van der Waals surface area contributed by atoms with Crippen LogP contribution in [0.3, 0.4) is 0 Å². The Labute approximate surface area is 134 Å². The second kappa shape index (κ2) is 7.70. The fourth-order valence-electron chi connectivity index (χ4n) is 2.17. The number of aliphatic hydroxyl groups excluding tert-OH is 1. The van der Waals surface area contributed by atoms with E-state index in [1.165, 1.54) is 0 Å². The number of piperazine rings is 1. The third-order valence-electron chi connectivity index (χ3n) is 3.40. The van der Waals surface area contributed by atoms with E-state index in [9.17, 15) is 4.79 Å². The van der Waals surface area contributed by atoms with Gasteiger partial charge in [-0.1, -0.05) is 11.6 Å². The molecule has 0 aliphatic carbocycles. The van der Waals surface area contributed by atoms with Crippen molar-refractivity contribution in [3.63, 3.8) is 0 Å². The van der Waals surface area contributed by atoms with Gasteiger partial charge in [0.2, 0.25) is 0 Å². The van der Waals surface area contributed by atoms with Crippen molar-refractivity contribution in [2.45, 2.75) is 0 Å². The number of carbonyl (C=O) groups is 1. The first-order valence-electron chi connectivity index (χ1n) is 6.79. The van der Waals surface area contributed by atoms with Crippen LogP contribution in [-0.4, -0.2) is 65.3 Å². The molecule has 1 fully saturated rings. The zero-order valence-electron chi connectivity index (χ0n) is 11.6. The largest absolute Gasteiger partial charge is 0.395 e. The number of nitrogens with one attached hydrogen (secondary N) is 1. The Morgan fingerprint density at radius 1 is 1.24 bits per heavy atom. The highest BCUT2D eigenvalue weighted by atomic mass is 35.5. The van der Waals surface area contributed by atoms with Crippen molar-refractivity contribution in [1.82, 2.24) is 15.1 Å². The van der Waals surface area contributed by atoms with Crippen LogP contribution in [0.4, 0.5) is 0 Å². The molecule has 1 aliphatic rings. The second-order valence-corrected chi connectivity index (χ2v) is 5.64. The molecule has 1 aliphatic heterocycles. The summed E-state index contributed by atoms with van der Waals surface area (Å²) in [4.78, 5) is 16.2. The molecule has 2 N–H and O–H groups in total. The molecule has 1 amide bonds. The predicted molar refractivity (Wildman–Crippen MR) is 86.6 cm³/mol. The lowest BCUT2D eigenvalue weighted by molar-refractivity contribution is 0.0968. The summed E-state index contributed by atoms with van der Waals surface area (Å²) in [5.74, 6) is -0.227. The van der Waals surface area contributed by atoms with Crippen molar-refractivity contribution in [3.05, 3.63) is 34.9 Å². The van der Waals surface area contributed by atoms with E-state index < -0.39 is 0 Å². The van der Waals surface area contributed by atoms with Crippen LogP contribution in [0.5, 0.6) is 0 Å². The Kier molecular flexibility index (Phi) is 5.93.